The normalized spacial score (nSPS) is 36.8. The Morgan fingerprint density at radius 2 is 1.62 bits per heavy atom. The van der Waals surface area contributed by atoms with Gasteiger partial charge in [-0.1, -0.05) is 12.1 Å². The van der Waals surface area contributed by atoms with Crippen molar-refractivity contribution in [3.8, 4) is 0 Å². The van der Waals surface area contributed by atoms with Gasteiger partial charge >= 0.3 is 0 Å². The number of hydrazine groups is 1. The third kappa shape index (κ3) is 1.91. The molecule has 4 aliphatic carbocycles. The minimum Gasteiger partial charge on any atom is -0.271 e. The lowest BCUT2D eigenvalue weighted by atomic mass is 9.54. The van der Waals surface area contributed by atoms with E-state index >= 15 is 0 Å². The molecule has 1 heterocycles. The summed E-state index contributed by atoms with van der Waals surface area (Å²) in [6.07, 6.45) is 6.29. The molecule has 1 aromatic rings. The average Bonchev–Trinajstić information content (AvgIpc) is 2.55. The van der Waals surface area contributed by atoms with E-state index < -0.39 is 0 Å². The van der Waals surface area contributed by atoms with Crippen molar-refractivity contribution < 1.29 is 9.72 Å². The summed E-state index contributed by atoms with van der Waals surface area (Å²) in [5.74, 6) is 2.97. The largest absolute Gasteiger partial charge is 0.294 e. The van der Waals surface area contributed by atoms with Crippen LogP contribution in [-0.4, -0.2) is 28.4 Å². The highest BCUT2D eigenvalue weighted by Crippen LogP contribution is 2.56. The van der Waals surface area contributed by atoms with Crippen LogP contribution in [0.3, 0.4) is 0 Å². The first kappa shape index (κ1) is 14.3. The van der Waals surface area contributed by atoms with Gasteiger partial charge < -0.3 is 0 Å². The maximum atomic E-state index is 12.4. The van der Waals surface area contributed by atoms with E-state index in [4.69, 9.17) is 0 Å². The van der Waals surface area contributed by atoms with E-state index in [1.165, 1.54) is 38.2 Å². The van der Waals surface area contributed by atoms with Gasteiger partial charge in [0.2, 0.25) is 0 Å². The zero-order chi connectivity index (χ0) is 16.4. The topological polar surface area (TPSA) is 66.7 Å². The summed E-state index contributed by atoms with van der Waals surface area (Å²) in [7, 11) is 0. The summed E-state index contributed by atoms with van der Waals surface area (Å²) >= 11 is 0. The number of rotatable bonds is 3. The van der Waals surface area contributed by atoms with E-state index in [0.29, 0.717) is 17.5 Å². The molecule has 1 saturated heterocycles. The van der Waals surface area contributed by atoms with E-state index in [-0.39, 0.29) is 29.1 Å². The molecule has 4 saturated carbocycles. The second-order valence-electron chi connectivity index (χ2n) is 7.96. The average molecular weight is 327 g/mol. The van der Waals surface area contributed by atoms with Gasteiger partial charge in [0.15, 0.2) is 0 Å². The molecule has 1 amide bonds. The maximum Gasteiger partial charge on any atom is 0.294 e. The Labute approximate surface area is 140 Å². The van der Waals surface area contributed by atoms with Gasteiger partial charge in [0.05, 0.1) is 11.0 Å². The molecule has 126 valence electrons. The number of hydrogen-bond acceptors (Lipinski definition) is 4. The molecule has 0 spiro atoms. The summed E-state index contributed by atoms with van der Waals surface area (Å²) < 4.78 is 0. The van der Waals surface area contributed by atoms with Crippen molar-refractivity contribution in [1.82, 2.24) is 5.01 Å². The number of para-hydroxylation sites is 2. The summed E-state index contributed by atoms with van der Waals surface area (Å²) in [4.78, 5) is 23.4. The van der Waals surface area contributed by atoms with Crippen molar-refractivity contribution in [1.29, 1.82) is 0 Å². The number of carbonyl (C=O) groups is 1. The van der Waals surface area contributed by atoms with Crippen LogP contribution in [0, 0.1) is 33.8 Å². The molecule has 6 rings (SSSR count). The van der Waals surface area contributed by atoms with Crippen LogP contribution in [0.2, 0.25) is 0 Å². The van der Waals surface area contributed by atoms with Crippen molar-refractivity contribution in [2.75, 3.05) is 11.6 Å². The van der Waals surface area contributed by atoms with Gasteiger partial charge in [0, 0.05) is 6.07 Å². The predicted molar refractivity (Wildman–Crippen MR) is 88.1 cm³/mol. The Kier molecular flexibility index (Phi) is 2.94. The molecule has 5 aliphatic rings. The number of hydrogen-bond donors (Lipinski definition) is 0. The quantitative estimate of drug-likeness (QED) is 0.632. The van der Waals surface area contributed by atoms with Crippen molar-refractivity contribution in [2.45, 2.75) is 38.1 Å². The highest BCUT2D eigenvalue weighted by Gasteiger charge is 2.55. The molecule has 6 nitrogen and oxygen atoms in total. The zero-order valence-corrected chi connectivity index (χ0v) is 13.5. The van der Waals surface area contributed by atoms with Crippen molar-refractivity contribution in [3.05, 3.63) is 34.4 Å². The smallest absolute Gasteiger partial charge is 0.271 e. The summed E-state index contributed by atoms with van der Waals surface area (Å²) in [5, 5.41) is 15.1. The minimum absolute atomic E-state index is 0.0822. The van der Waals surface area contributed by atoms with Crippen LogP contribution in [0.5, 0.6) is 0 Å². The molecule has 5 fully saturated rings. The molecule has 1 aliphatic heterocycles. The monoisotopic (exact) mass is 327 g/mol. The molecule has 0 aromatic heterocycles. The standard InChI is InChI=1S/C18H21N3O3/c22-17-10-19(15-3-1-2-4-16(15)21(23)24)20(17)18-13-6-11-5-12(8-13)9-14(18)7-11/h1-4,11-14,18H,5-10H2. The minimum atomic E-state index is -0.354. The number of amides is 1. The number of nitrogens with zero attached hydrogens (tertiary/aromatic N) is 3. The van der Waals surface area contributed by atoms with Gasteiger partial charge in [-0.15, -0.1) is 0 Å². The van der Waals surface area contributed by atoms with Crippen molar-refractivity contribution in [3.63, 3.8) is 0 Å². The first-order valence-electron chi connectivity index (χ1n) is 8.94. The Balaban J connectivity index is 1.48. The number of benzene rings is 1. The molecule has 24 heavy (non-hydrogen) atoms. The third-order valence-corrected chi connectivity index (χ3v) is 6.62. The van der Waals surface area contributed by atoms with E-state index in [1.807, 2.05) is 10.0 Å². The summed E-state index contributed by atoms with van der Waals surface area (Å²) in [5.41, 5.74) is 0.634. The van der Waals surface area contributed by atoms with E-state index in [9.17, 15) is 14.9 Å². The molecule has 0 radical (unpaired) electrons. The summed E-state index contributed by atoms with van der Waals surface area (Å²) in [6.45, 7) is 0.258. The maximum absolute atomic E-state index is 12.4. The van der Waals surface area contributed by atoms with Gasteiger partial charge in [-0.3, -0.25) is 19.9 Å². The molecule has 0 atom stereocenters. The molecule has 6 heteroatoms. The predicted octanol–water partition coefficient (Wildman–Crippen LogP) is 2.98. The SMILES string of the molecule is O=C1CN(c2ccccc2[N+](=O)[O-])N1C1C2CC3CC(C2)CC1C3. The highest BCUT2D eigenvalue weighted by molar-refractivity contribution is 5.91. The molecule has 4 bridgehead atoms. The number of carbonyl (C=O) groups excluding carboxylic acids is 1. The first-order valence-corrected chi connectivity index (χ1v) is 8.94. The second-order valence-corrected chi connectivity index (χ2v) is 7.96. The fourth-order valence-electron chi connectivity index (χ4n) is 5.99. The fourth-order valence-corrected chi connectivity index (χ4v) is 5.99. The van der Waals surface area contributed by atoms with Crippen LogP contribution < -0.4 is 5.01 Å². The molecule has 0 N–H and O–H groups in total. The van der Waals surface area contributed by atoms with Gasteiger partial charge in [-0.25, -0.2) is 5.01 Å². The molecule has 1 aromatic carbocycles. The third-order valence-electron chi connectivity index (χ3n) is 6.62. The molecular weight excluding hydrogens is 306 g/mol. The number of nitro benzene ring substituents is 1. The zero-order valence-electron chi connectivity index (χ0n) is 13.5. The Bertz CT molecular complexity index is 691. The molecule has 0 unspecified atom stereocenters. The van der Waals surface area contributed by atoms with Crippen molar-refractivity contribution >= 4 is 17.3 Å². The van der Waals surface area contributed by atoms with Gasteiger partial charge in [-0.05, 0) is 61.8 Å². The lowest BCUT2D eigenvalue weighted by molar-refractivity contribution is -0.384. The van der Waals surface area contributed by atoms with Crippen LogP contribution in [0.25, 0.3) is 0 Å². The van der Waals surface area contributed by atoms with Crippen LogP contribution in [-0.2, 0) is 4.79 Å². The van der Waals surface area contributed by atoms with Crippen LogP contribution >= 0.6 is 0 Å². The Morgan fingerprint density at radius 3 is 2.21 bits per heavy atom. The van der Waals surface area contributed by atoms with Crippen LogP contribution in [0.1, 0.15) is 32.1 Å². The lowest BCUT2D eigenvalue weighted by Gasteiger charge is -2.61. The number of anilines is 1. The molecular formula is C18H21N3O3. The second kappa shape index (κ2) is 4.94. The fraction of sp³-hybridized carbons (Fsp3) is 0.611. The lowest BCUT2D eigenvalue weighted by Crippen LogP contribution is -2.71. The number of nitro groups is 1. The van der Waals surface area contributed by atoms with Gasteiger partial charge in [-0.2, -0.15) is 0 Å². The van der Waals surface area contributed by atoms with E-state index in [0.717, 1.165) is 11.8 Å². The van der Waals surface area contributed by atoms with Gasteiger partial charge in [0.25, 0.3) is 11.6 Å². The van der Waals surface area contributed by atoms with E-state index in [2.05, 4.69) is 0 Å². The Morgan fingerprint density at radius 1 is 1.00 bits per heavy atom. The first-order chi connectivity index (χ1) is 11.6. The van der Waals surface area contributed by atoms with Gasteiger partial charge in [0.1, 0.15) is 12.2 Å². The summed E-state index contributed by atoms with van der Waals surface area (Å²) in [6, 6.07) is 7.01. The van der Waals surface area contributed by atoms with Crippen molar-refractivity contribution in [2.24, 2.45) is 23.7 Å². The van der Waals surface area contributed by atoms with Crippen LogP contribution in [0.4, 0.5) is 11.4 Å². The highest BCUT2D eigenvalue weighted by atomic mass is 16.6. The Hall–Kier alpha value is -2.11. The van der Waals surface area contributed by atoms with Crippen LogP contribution in [0.15, 0.2) is 24.3 Å². The van der Waals surface area contributed by atoms with E-state index in [1.54, 1.807) is 18.2 Å².